The molecule has 0 spiro atoms. The van der Waals surface area contributed by atoms with Gasteiger partial charge in [0.25, 0.3) is 0 Å². The summed E-state index contributed by atoms with van der Waals surface area (Å²) in [5.74, 6) is 1.77. The summed E-state index contributed by atoms with van der Waals surface area (Å²) >= 11 is 0. The molecular formula is C18H25NO4. The second-order valence-electron chi connectivity index (χ2n) is 6.42. The van der Waals surface area contributed by atoms with Crippen molar-refractivity contribution in [2.75, 3.05) is 20.8 Å². The van der Waals surface area contributed by atoms with E-state index in [-0.39, 0.29) is 11.9 Å². The van der Waals surface area contributed by atoms with Crippen LogP contribution < -0.4 is 14.8 Å². The Morgan fingerprint density at radius 2 is 1.96 bits per heavy atom. The lowest BCUT2D eigenvalue weighted by atomic mass is 9.85. The van der Waals surface area contributed by atoms with Gasteiger partial charge in [-0.2, -0.15) is 0 Å². The Morgan fingerprint density at radius 1 is 1.17 bits per heavy atom. The molecule has 0 amide bonds. The second kappa shape index (κ2) is 7.21. The molecule has 0 aromatic heterocycles. The number of esters is 1. The smallest absolute Gasteiger partial charge is 0.308 e. The molecule has 1 aliphatic carbocycles. The summed E-state index contributed by atoms with van der Waals surface area (Å²) in [4.78, 5) is 11.6. The van der Waals surface area contributed by atoms with Gasteiger partial charge in [-0.25, -0.2) is 0 Å². The van der Waals surface area contributed by atoms with Gasteiger partial charge >= 0.3 is 5.97 Å². The van der Waals surface area contributed by atoms with Crippen molar-refractivity contribution >= 4 is 5.97 Å². The van der Waals surface area contributed by atoms with Crippen molar-refractivity contribution in [2.24, 2.45) is 5.92 Å². The Labute approximate surface area is 137 Å². The molecule has 3 rings (SSSR count). The predicted octanol–water partition coefficient (Wildman–Crippen LogP) is 2.32. The second-order valence-corrected chi connectivity index (χ2v) is 6.42. The number of hydrogen-bond donors (Lipinski definition) is 1. The average molecular weight is 319 g/mol. The minimum absolute atomic E-state index is 0.0627. The van der Waals surface area contributed by atoms with Crippen LogP contribution >= 0.6 is 0 Å². The molecule has 5 nitrogen and oxygen atoms in total. The van der Waals surface area contributed by atoms with Gasteiger partial charge in [0, 0.05) is 18.2 Å². The summed E-state index contributed by atoms with van der Waals surface area (Å²) in [7, 11) is 3.14. The third-order valence-electron chi connectivity index (χ3n) is 4.91. The number of fused-ring (bicyclic) bond motifs is 1. The summed E-state index contributed by atoms with van der Waals surface area (Å²) in [6, 6.07) is 6.80. The zero-order valence-electron chi connectivity index (χ0n) is 13.8. The maximum absolute atomic E-state index is 11.6. The number of rotatable bonds is 4. The van der Waals surface area contributed by atoms with Gasteiger partial charge in [-0.3, -0.25) is 4.79 Å². The van der Waals surface area contributed by atoms with Crippen molar-refractivity contribution in [3.63, 3.8) is 0 Å². The molecular weight excluding hydrogens is 294 g/mol. The molecule has 0 radical (unpaired) electrons. The van der Waals surface area contributed by atoms with Crippen LogP contribution in [0.4, 0.5) is 0 Å². The van der Waals surface area contributed by atoms with Gasteiger partial charge in [0.15, 0.2) is 0 Å². The van der Waals surface area contributed by atoms with Crippen molar-refractivity contribution in [2.45, 2.75) is 44.2 Å². The average Bonchev–Trinajstić information content (AvgIpc) is 2.61. The van der Waals surface area contributed by atoms with Gasteiger partial charge in [-0.05, 0) is 43.7 Å². The van der Waals surface area contributed by atoms with Crippen LogP contribution in [0.15, 0.2) is 18.2 Å². The van der Waals surface area contributed by atoms with E-state index in [1.165, 1.54) is 12.7 Å². The Kier molecular flexibility index (Phi) is 5.06. The monoisotopic (exact) mass is 319 g/mol. The van der Waals surface area contributed by atoms with E-state index in [0.29, 0.717) is 18.7 Å². The van der Waals surface area contributed by atoms with Crippen molar-refractivity contribution in [3.05, 3.63) is 23.8 Å². The third-order valence-corrected chi connectivity index (χ3v) is 4.91. The number of carbonyl (C=O) groups excluding carboxylic acids is 1. The lowest BCUT2D eigenvalue weighted by molar-refractivity contribution is -0.146. The lowest BCUT2D eigenvalue weighted by Gasteiger charge is -2.33. The van der Waals surface area contributed by atoms with Crippen LogP contribution in [-0.4, -0.2) is 38.9 Å². The molecule has 1 aromatic carbocycles. The molecule has 126 valence electrons. The number of methoxy groups -OCH3 is 2. The molecule has 1 aromatic rings. The van der Waals surface area contributed by atoms with Crippen LogP contribution in [0.5, 0.6) is 11.5 Å². The first-order chi connectivity index (χ1) is 11.2. The van der Waals surface area contributed by atoms with E-state index in [0.717, 1.165) is 43.6 Å². The van der Waals surface area contributed by atoms with E-state index >= 15 is 0 Å². The fraction of sp³-hybridized carbons (Fsp3) is 0.611. The summed E-state index contributed by atoms with van der Waals surface area (Å²) < 4.78 is 16.0. The van der Waals surface area contributed by atoms with Crippen LogP contribution in [-0.2, 0) is 16.0 Å². The van der Waals surface area contributed by atoms with E-state index in [1.807, 2.05) is 12.1 Å². The molecule has 23 heavy (non-hydrogen) atoms. The van der Waals surface area contributed by atoms with Crippen LogP contribution in [0, 0.1) is 5.92 Å². The molecule has 0 bridgehead atoms. The first-order valence-electron chi connectivity index (χ1n) is 8.33. The van der Waals surface area contributed by atoms with Crippen molar-refractivity contribution in [3.8, 4) is 11.5 Å². The topological polar surface area (TPSA) is 56.8 Å². The fourth-order valence-corrected chi connectivity index (χ4v) is 3.58. The molecule has 1 heterocycles. The SMILES string of the molecule is COC(=O)C1CCC(N[C@H]2COc3cc(OC)ccc3C2)CC1. The van der Waals surface area contributed by atoms with Crippen molar-refractivity contribution < 1.29 is 19.0 Å². The maximum atomic E-state index is 11.6. The number of hydrogen-bond acceptors (Lipinski definition) is 5. The fourth-order valence-electron chi connectivity index (χ4n) is 3.58. The predicted molar refractivity (Wildman–Crippen MR) is 86.9 cm³/mol. The van der Waals surface area contributed by atoms with Crippen molar-refractivity contribution in [1.29, 1.82) is 0 Å². The van der Waals surface area contributed by atoms with E-state index in [9.17, 15) is 4.79 Å². The van der Waals surface area contributed by atoms with Crippen LogP contribution in [0.3, 0.4) is 0 Å². The summed E-state index contributed by atoms with van der Waals surface area (Å²) in [5.41, 5.74) is 1.22. The van der Waals surface area contributed by atoms with Crippen molar-refractivity contribution in [1.82, 2.24) is 5.32 Å². The lowest BCUT2D eigenvalue weighted by Crippen LogP contribution is -2.46. The molecule has 1 fully saturated rings. The summed E-state index contributed by atoms with van der Waals surface area (Å²) in [6.07, 6.45) is 4.82. The Bertz CT molecular complexity index is 552. The Morgan fingerprint density at radius 3 is 2.65 bits per heavy atom. The van der Waals surface area contributed by atoms with Gasteiger partial charge in [-0.1, -0.05) is 6.07 Å². The van der Waals surface area contributed by atoms with E-state index in [1.54, 1.807) is 7.11 Å². The van der Waals surface area contributed by atoms with Gasteiger partial charge < -0.3 is 19.5 Å². The standard InChI is InChI=1S/C18H25NO4/c1-21-16-8-5-13-9-15(11-23-17(13)10-16)19-14-6-3-12(4-7-14)18(20)22-2/h5,8,10,12,14-15,19H,3-4,6-7,9,11H2,1-2H3/t12?,14?,15-/m1/s1. The molecule has 1 N–H and O–H groups in total. The van der Waals surface area contributed by atoms with Gasteiger partial charge in [0.2, 0.25) is 0 Å². The molecule has 0 saturated heterocycles. The third kappa shape index (κ3) is 3.78. The number of carbonyl (C=O) groups is 1. The Hall–Kier alpha value is -1.75. The number of ether oxygens (including phenoxy) is 3. The quantitative estimate of drug-likeness (QED) is 0.863. The van der Waals surface area contributed by atoms with E-state index in [4.69, 9.17) is 14.2 Å². The zero-order valence-corrected chi connectivity index (χ0v) is 13.8. The minimum atomic E-state index is -0.0627. The molecule has 1 saturated carbocycles. The number of benzene rings is 1. The molecule has 0 unspecified atom stereocenters. The summed E-state index contributed by atoms with van der Waals surface area (Å²) in [5, 5.41) is 3.70. The first-order valence-corrected chi connectivity index (χ1v) is 8.33. The highest BCUT2D eigenvalue weighted by Crippen LogP contribution is 2.30. The zero-order chi connectivity index (χ0) is 16.2. The van der Waals surface area contributed by atoms with E-state index in [2.05, 4.69) is 11.4 Å². The molecule has 1 atom stereocenters. The highest BCUT2D eigenvalue weighted by atomic mass is 16.5. The highest BCUT2D eigenvalue weighted by Gasteiger charge is 2.29. The molecule has 5 heteroatoms. The number of nitrogens with one attached hydrogen (secondary N) is 1. The van der Waals surface area contributed by atoms with Gasteiger partial charge in [0.1, 0.15) is 18.1 Å². The highest BCUT2D eigenvalue weighted by molar-refractivity contribution is 5.72. The summed E-state index contributed by atoms with van der Waals surface area (Å²) in [6.45, 7) is 0.678. The minimum Gasteiger partial charge on any atom is -0.497 e. The van der Waals surface area contributed by atoms with Crippen LogP contribution in [0.1, 0.15) is 31.2 Å². The van der Waals surface area contributed by atoms with Gasteiger partial charge in [-0.15, -0.1) is 0 Å². The van der Waals surface area contributed by atoms with Gasteiger partial charge in [0.05, 0.1) is 20.1 Å². The largest absolute Gasteiger partial charge is 0.497 e. The normalized spacial score (nSPS) is 26.8. The Balaban J connectivity index is 1.51. The van der Waals surface area contributed by atoms with Crippen LogP contribution in [0.2, 0.25) is 0 Å². The van der Waals surface area contributed by atoms with Crippen LogP contribution in [0.25, 0.3) is 0 Å². The molecule has 2 aliphatic rings. The molecule has 1 aliphatic heterocycles. The first kappa shape index (κ1) is 16.1. The van der Waals surface area contributed by atoms with E-state index < -0.39 is 0 Å². The maximum Gasteiger partial charge on any atom is 0.308 e.